The average Bonchev–Trinajstić information content (AvgIpc) is 2.93. The molecule has 0 radical (unpaired) electrons. The number of aromatic amines is 1. The molecule has 0 spiro atoms. The first kappa shape index (κ1) is 15.2. The van der Waals surface area contributed by atoms with Crippen LogP contribution in [0, 0.1) is 5.41 Å². The minimum Gasteiger partial charge on any atom is -0.371 e. The molecule has 0 unspecified atom stereocenters. The minimum absolute atomic E-state index is 0.0404. The maximum Gasteiger partial charge on any atom is 0.216 e. The number of aromatic nitrogens is 2. The molecule has 2 N–H and O–H groups in total. The zero-order valence-electron chi connectivity index (χ0n) is 12.9. The molecular formula is C16H21ClN4O. The summed E-state index contributed by atoms with van der Waals surface area (Å²) >= 11 is 6.22. The second kappa shape index (κ2) is 5.80. The highest BCUT2D eigenvalue weighted by Crippen LogP contribution is 2.36. The lowest BCUT2D eigenvalue weighted by atomic mass is 9.80. The minimum atomic E-state index is 0.0404. The van der Waals surface area contributed by atoms with Crippen LogP contribution in [0.4, 0.5) is 5.69 Å². The van der Waals surface area contributed by atoms with Crippen molar-refractivity contribution in [3.8, 4) is 0 Å². The number of carbonyl (C=O) groups is 1. The van der Waals surface area contributed by atoms with E-state index in [1.807, 2.05) is 18.3 Å². The van der Waals surface area contributed by atoms with E-state index in [4.69, 9.17) is 11.6 Å². The largest absolute Gasteiger partial charge is 0.371 e. The summed E-state index contributed by atoms with van der Waals surface area (Å²) in [4.78, 5) is 13.5. The molecule has 1 saturated heterocycles. The summed E-state index contributed by atoms with van der Waals surface area (Å²) in [6, 6.07) is 3.91. The highest BCUT2D eigenvalue weighted by atomic mass is 35.5. The second-order valence-electron chi connectivity index (χ2n) is 6.46. The van der Waals surface area contributed by atoms with Crippen LogP contribution < -0.4 is 10.2 Å². The standard InChI is InChI=1S/C16H21ClN4O/c1-11(22)18-10-16(2)3-5-21(6-4-16)15-8-12(17)7-14-13(15)9-19-20-14/h7-9H,3-6,10H2,1-2H3,(H,18,22)(H,19,20). The van der Waals surface area contributed by atoms with Gasteiger partial charge in [-0.25, -0.2) is 0 Å². The zero-order chi connectivity index (χ0) is 15.7. The molecule has 2 heterocycles. The molecule has 1 aliphatic heterocycles. The molecule has 0 atom stereocenters. The highest BCUT2D eigenvalue weighted by molar-refractivity contribution is 6.31. The molecule has 0 aliphatic carbocycles. The van der Waals surface area contributed by atoms with Crippen LogP contribution in [0.5, 0.6) is 0 Å². The third-order valence-electron chi connectivity index (χ3n) is 4.58. The third-order valence-corrected chi connectivity index (χ3v) is 4.80. The fourth-order valence-electron chi connectivity index (χ4n) is 3.06. The van der Waals surface area contributed by atoms with Gasteiger partial charge in [0.1, 0.15) is 0 Å². The Morgan fingerprint density at radius 2 is 2.18 bits per heavy atom. The van der Waals surface area contributed by atoms with Crippen molar-refractivity contribution in [2.75, 3.05) is 24.5 Å². The number of H-pyrrole nitrogens is 1. The third kappa shape index (κ3) is 3.04. The van der Waals surface area contributed by atoms with Crippen molar-refractivity contribution in [1.29, 1.82) is 0 Å². The first-order chi connectivity index (χ1) is 10.5. The average molecular weight is 321 g/mol. The summed E-state index contributed by atoms with van der Waals surface area (Å²) in [5.74, 6) is 0.0404. The SMILES string of the molecule is CC(=O)NCC1(C)CCN(c2cc(Cl)cc3[nH]ncc23)CC1. The number of anilines is 1. The van der Waals surface area contributed by atoms with Crippen molar-refractivity contribution in [2.24, 2.45) is 5.41 Å². The summed E-state index contributed by atoms with van der Waals surface area (Å²) in [7, 11) is 0. The molecule has 6 heteroatoms. The summed E-state index contributed by atoms with van der Waals surface area (Å²) < 4.78 is 0. The molecule has 0 bridgehead atoms. The summed E-state index contributed by atoms with van der Waals surface area (Å²) in [5.41, 5.74) is 2.27. The fourth-order valence-corrected chi connectivity index (χ4v) is 3.27. The molecule has 1 aromatic carbocycles. The predicted octanol–water partition coefficient (Wildman–Crippen LogP) is 2.96. The van der Waals surface area contributed by atoms with Crippen molar-refractivity contribution < 1.29 is 4.79 Å². The number of carbonyl (C=O) groups excluding carboxylic acids is 1. The molecule has 22 heavy (non-hydrogen) atoms. The number of fused-ring (bicyclic) bond motifs is 1. The molecule has 3 rings (SSSR count). The second-order valence-corrected chi connectivity index (χ2v) is 6.90. The van der Waals surface area contributed by atoms with E-state index >= 15 is 0 Å². The Morgan fingerprint density at radius 3 is 2.86 bits per heavy atom. The monoisotopic (exact) mass is 320 g/mol. The van der Waals surface area contributed by atoms with Gasteiger partial charge in [0.25, 0.3) is 0 Å². The lowest BCUT2D eigenvalue weighted by Gasteiger charge is -2.40. The van der Waals surface area contributed by atoms with E-state index in [1.165, 1.54) is 0 Å². The highest BCUT2D eigenvalue weighted by Gasteiger charge is 2.31. The number of nitrogens with one attached hydrogen (secondary N) is 2. The van der Waals surface area contributed by atoms with Crippen molar-refractivity contribution in [3.63, 3.8) is 0 Å². The van der Waals surface area contributed by atoms with Crippen LogP contribution in [-0.2, 0) is 4.79 Å². The van der Waals surface area contributed by atoms with Crippen LogP contribution in [0.2, 0.25) is 5.02 Å². The van der Waals surface area contributed by atoms with Crippen LogP contribution in [0.1, 0.15) is 26.7 Å². The zero-order valence-corrected chi connectivity index (χ0v) is 13.7. The van der Waals surface area contributed by atoms with Crippen molar-refractivity contribution >= 4 is 34.1 Å². The van der Waals surface area contributed by atoms with Gasteiger partial charge in [0.15, 0.2) is 0 Å². The smallest absolute Gasteiger partial charge is 0.216 e. The molecule has 0 saturated carbocycles. The van der Waals surface area contributed by atoms with E-state index < -0.39 is 0 Å². The van der Waals surface area contributed by atoms with Crippen molar-refractivity contribution in [3.05, 3.63) is 23.4 Å². The molecule has 1 aromatic heterocycles. The van der Waals surface area contributed by atoms with Gasteiger partial charge >= 0.3 is 0 Å². The van der Waals surface area contributed by atoms with E-state index in [-0.39, 0.29) is 11.3 Å². The Labute approximate surface area is 135 Å². The van der Waals surface area contributed by atoms with E-state index in [0.717, 1.165) is 54.1 Å². The van der Waals surface area contributed by atoms with Crippen molar-refractivity contribution in [2.45, 2.75) is 26.7 Å². The van der Waals surface area contributed by atoms with Crippen LogP contribution in [0.3, 0.4) is 0 Å². The lowest BCUT2D eigenvalue weighted by molar-refractivity contribution is -0.119. The van der Waals surface area contributed by atoms with E-state index in [2.05, 4.69) is 27.3 Å². The molecule has 1 amide bonds. The number of halogens is 1. The maximum atomic E-state index is 11.1. The van der Waals surface area contributed by atoms with Gasteiger partial charge < -0.3 is 10.2 Å². The van der Waals surface area contributed by atoms with Gasteiger partial charge in [-0.3, -0.25) is 9.89 Å². The van der Waals surface area contributed by atoms with E-state index in [0.29, 0.717) is 0 Å². The van der Waals surface area contributed by atoms with Crippen LogP contribution >= 0.6 is 11.6 Å². The molecule has 1 aliphatic rings. The first-order valence-corrected chi connectivity index (χ1v) is 7.97. The predicted molar refractivity (Wildman–Crippen MR) is 89.3 cm³/mol. The molecule has 5 nitrogen and oxygen atoms in total. The number of piperidine rings is 1. The fraction of sp³-hybridized carbons (Fsp3) is 0.500. The number of benzene rings is 1. The number of amides is 1. The maximum absolute atomic E-state index is 11.1. The summed E-state index contributed by atoms with van der Waals surface area (Å²) in [5, 5.41) is 11.9. The summed E-state index contributed by atoms with van der Waals surface area (Å²) in [6.07, 6.45) is 3.93. The lowest BCUT2D eigenvalue weighted by Crippen LogP contribution is -2.44. The quantitative estimate of drug-likeness (QED) is 0.914. The number of hydrogen-bond acceptors (Lipinski definition) is 3. The molecule has 118 valence electrons. The van der Waals surface area contributed by atoms with Gasteiger partial charge in [0.2, 0.25) is 5.91 Å². The number of rotatable bonds is 3. The van der Waals surface area contributed by atoms with Gasteiger partial charge in [-0.05, 0) is 30.4 Å². The number of hydrogen-bond donors (Lipinski definition) is 2. The van der Waals surface area contributed by atoms with Gasteiger partial charge in [0.05, 0.1) is 11.7 Å². The molecule has 1 fully saturated rings. The normalized spacial score (nSPS) is 17.7. The Bertz CT molecular complexity index is 689. The molecule has 2 aromatic rings. The van der Waals surface area contributed by atoms with E-state index in [1.54, 1.807) is 6.92 Å². The van der Waals surface area contributed by atoms with Crippen LogP contribution in [-0.4, -0.2) is 35.7 Å². The number of nitrogens with zero attached hydrogens (tertiary/aromatic N) is 2. The Kier molecular flexibility index (Phi) is 4.00. The topological polar surface area (TPSA) is 61.0 Å². The van der Waals surface area contributed by atoms with Gasteiger partial charge in [0, 0.05) is 42.7 Å². The van der Waals surface area contributed by atoms with Crippen LogP contribution in [0.15, 0.2) is 18.3 Å². The molecular weight excluding hydrogens is 300 g/mol. The summed E-state index contributed by atoms with van der Waals surface area (Å²) in [6.45, 7) is 6.46. The first-order valence-electron chi connectivity index (χ1n) is 7.59. The van der Waals surface area contributed by atoms with Crippen molar-refractivity contribution in [1.82, 2.24) is 15.5 Å². The Hall–Kier alpha value is -1.75. The van der Waals surface area contributed by atoms with Gasteiger partial charge in [-0.2, -0.15) is 5.10 Å². The Balaban J connectivity index is 1.75. The van der Waals surface area contributed by atoms with Crippen LogP contribution in [0.25, 0.3) is 10.9 Å². The van der Waals surface area contributed by atoms with Gasteiger partial charge in [-0.15, -0.1) is 0 Å². The van der Waals surface area contributed by atoms with Gasteiger partial charge in [-0.1, -0.05) is 18.5 Å². The Morgan fingerprint density at radius 1 is 1.45 bits per heavy atom. The van der Waals surface area contributed by atoms with E-state index in [9.17, 15) is 4.79 Å².